The lowest BCUT2D eigenvalue weighted by molar-refractivity contribution is 0.475. The first-order valence-electron chi connectivity index (χ1n) is 3.96. The van der Waals surface area contributed by atoms with Crippen LogP contribution < -0.4 is 5.73 Å². The Labute approximate surface area is 85.3 Å². The normalized spacial score (nSPS) is 10.4. The summed E-state index contributed by atoms with van der Waals surface area (Å²) < 4.78 is 0. The molecule has 1 heterocycles. The molecule has 0 unspecified atom stereocenters. The molecular weight excluding hydrogens is 202 g/mol. The van der Waals surface area contributed by atoms with Crippen molar-refractivity contribution in [3.63, 3.8) is 0 Å². The van der Waals surface area contributed by atoms with Gasteiger partial charge >= 0.3 is 0 Å². The summed E-state index contributed by atoms with van der Waals surface area (Å²) in [5.74, 6) is 0.537. The highest BCUT2D eigenvalue weighted by Crippen LogP contribution is 2.29. The van der Waals surface area contributed by atoms with Gasteiger partial charge in [-0.25, -0.2) is 0 Å². The van der Waals surface area contributed by atoms with Gasteiger partial charge < -0.3 is 10.8 Å². The highest BCUT2D eigenvalue weighted by atomic mass is 35.5. The van der Waals surface area contributed by atoms with Crippen LogP contribution >= 0.6 is 11.6 Å². The number of aromatic amines is 1. The maximum Gasteiger partial charge on any atom is 0.145 e. The van der Waals surface area contributed by atoms with Gasteiger partial charge in [0.25, 0.3) is 0 Å². The minimum absolute atomic E-state index is 0.131. The molecule has 0 aliphatic heterocycles. The van der Waals surface area contributed by atoms with Crippen molar-refractivity contribution < 1.29 is 5.11 Å². The Bertz CT molecular complexity index is 467. The lowest BCUT2D eigenvalue weighted by Crippen LogP contribution is -1.81. The van der Waals surface area contributed by atoms with E-state index < -0.39 is 0 Å². The Morgan fingerprint density at radius 1 is 1.36 bits per heavy atom. The van der Waals surface area contributed by atoms with Crippen LogP contribution in [0.2, 0.25) is 5.02 Å². The molecule has 0 saturated carbocycles. The second kappa shape index (κ2) is 3.23. The van der Waals surface area contributed by atoms with Crippen LogP contribution in [0.25, 0.3) is 11.3 Å². The van der Waals surface area contributed by atoms with Gasteiger partial charge in [0, 0.05) is 11.6 Å². The molecular formula is C9H8ClN3O. The standard InChI is InChI=1S/C9H8ClN3O/c10-7-3-5(14)1-2-6(7)8-4-9(11)13-12-8/h1-4,14H,(H3,11,12,13). The van der Waals surface area contributed by atoms with E-state index in [9.17, 15) is 0 Å². The van der Waals surface area contributed by atoms with Crippen molar-refractivity contribution in [1.82, 2.24) is 10.2 Å². The lowest BCUT2D eigenvalue weighted by atomic mass is 10.1. The summed E-state index contributed by atoms with van der Waals surface area (Å²) >= 11 is 5.92. The molecule has 4 nitrogen and oxygen atoms in total. The number of nitrogens with two attached hydrogens (primary N) is 1. The van der Waals surface area contributed by atoms with Gasteiger partial charge in [0.2, 0.25) is 0 Å². The molecule has 0 radical (unpaired) electrons. The van der Waals surface area contributed by atoms with Crippen molar-refractivity contribution in [2.45, 2.75) is 0 Å². The van der Waals surface area contributed by atoms with Gasteiger partial charge in [0.1, 0.15) is 11.6 Å². The second-order valence-corrected chi connectivity index (χ2v) is 3.28. The van der Waals surface area contributed by atoms with Gasteiger partial charge in [-0.2, -0.15) is 5.10 Å². The predicted octanol–water partition coefficient (Wildman–Crippen LogP) is 2.02. The van der Waals surface area contributed by atoms with E-state index in [0.29, 0.717) is 10.8 Å². The molecule has 4 N–H and O–H groups in total. The van der Waals surface area contributed by atoms with Gasteiger partial charge in [0.05, 0.1) is 10.7 Å². The fourth-order valence-corrected chi connectivity index (χ4v) is 1.47. The van der Waals surface area contributed by atoms with Crippen LogP contribution in [0.15, 0.2) is 24.3 Å². The topological polar surface area (TPSA) is 74.9 Å². The lowest BCUT2D eigenvalue weighted by Gasteiger charge is -2.00. The Balaban J connectivity index is 2.52. The molecule has 2 rings (SSSR count). The second-order valence-electron chi connectivity index (χ2n) is 2.87. The molecule has 14 heavy (non-hydrogen) atoms. The van der Waals surface area contributed by atoms with E-state index in [4.69, 9.17) is 22.4 Å². The first-order valence-corrected chi connectivity index (χ1v) is 4.34. The predicted molar refractivity (Wildman–Crippen MR) is 55.1 cm³/mol. The molecule has 0 aliphatic rings. The molecule has 0 fully saturated rings. The third kappa shape index (κ3) is 1.52. The van der Waals surface area contributed by atoms with E-state index in [1.165, 1.54) is 6.07 Å². The summed E-state index contributed by atoms with van der Waals surface area (Å²) in [5, 5.41) is 16.1. The van der Waals surface area contributed by atoms with Crippen LogP contribution in [0.3, 0.4) is 0 Å². The zero-order valence-corrected chi connectivity index (χ0v) is 7.92. The van der Waals surface area contributed by atoms with Crippen molar-refractivity contribution in [2.24, 2.45) is 0 Å². The summed E-state index contributed by atoms with van der Waals surface area (Å²) in [7, 11) is 0. The smallest absolute Gasteiger partial charge is 0.145 e. The van der Waals surface area contributed by atoms with Crippen LogP contribution in [0, 0.1) is 0 Å². The highest BCUT2D eigenvalue weighted by molar-refractivity contribution is 6.33. The first-order chi connectivity index (χ1) is 6.66. The van der Waals surface area contributed by atoms with Crippen molar-refractivity contribution in [3.8, 4) is 17.0 Å². The Morgan fingerprint density at radius 3 is 2.71 bits per heavy atom. The van der Waals surface area contributed by atoms with E-state index in [-0.39, 0.29) is 5.75 Å². The van der Waals surface area contributed by atoms with Crippen LogP contribution in [0.4, 0.5) is 5.82 Å². The van der Waals surface area contributed by atoms with Gasteiger partial charge in [-0.1, -0.05) is 11.6 Å². The quantitative estimate of drug-likeness (QED) is 0.673. The Hall–Kier alpha value is -1.68. The summed E-state index contributed by atoms with van der Waals surface area (Å²) in [6.07, 6.45) is 0. The van der Waals surface area contributed by atoms with Gasteiger partial charge in [-0.15, -0.1) is 0 Å². The van der Waals surface area contributed by atoms with E-state index in [1.807, 2.05) is 0 Å². The zero-order valence-electron chi connectivity index (χ0n) is 7.16. The van der Waals surface area contributed by atoms with Crippen molar-refractivity contribution >= 4 is 17.4 Å². The monoisotopic (exact) mass is 209 g/mol. The maximum absolute atomic E-state index is 9.15. The van der Waals surface area contributed by atoms with Crippen LogP contribution in [0.1, 0.15) is 0 Å². The third-order valence-electron chi connectivity index (χ3n) is 1.84. The number of rotatable bonds is 1. The molecule has 0 aliphatic carbocycles. The average Bonchev–Trinajstić information content (AvgIpc) is 2.51. The minimum Gasteiger partial charge on any atom is -0.508 e. The number of phenols is 1. The molecule has 0 saturated heterocycles. The van der Waals surface area contributed by atoms with Crippen molar-refractivity contribution in [2.75, 3.05) is 5.73 Å². The number of nitrogen functional groups attached to an aromatic ring is 1. The van der Waals surface area contributed by atoms with Crippen molar-refractivity contribution in [3.05, 3.63) is 29.3 Å². The van der Waals surface area contributed by atoms with Crippen LogP contribution in [0.5, 0.6) is 5.75 Å². The molecule has 0 amide bonds. The minimum atomic E-state index is 0.131. The average molecular weight is 210 g/mol. The molecule has 1 aromatic heterocycles. The van der Waals surface area contributed by atoms with Gasteiger partial charge in [-0.3, -0.25) is 5.10 Å². The Kier molecular flexibility index (Phi) is 2.05. The molecule has 72 valence electrons. The number of halogens is 1. The fraction of sp³-hybridized carbons (Fsp3) is 0. The number of H-pyrrole nitrogens is 1. The van der Waals surface area contributed by atoms with Gasteiger partial charge in [-0.05, 0) is 18.2 Å². The van der Waals surface area contributed by atoms with Crippen LogP contribution in [-0.2, 0) is 0 Å². The zero-order chi connectivity index (χ0) is 10.1. The number of aromatic nitrogens is 2. The first kappa shape index (κ1) is 8.90. The molecule has 0 bridgehead atoms. The number of phenolic OH excluding ortho intramolecular Hbond substituents is 1. The summed E-state index contributed by atoms with van der Waals surface area (Å²) in [4.78, 5) is 0. The maximum atomic E-state index is 9.15. The molecule has 1 aromatic carbocycles. The van der Waals surface area contributed by atoms with E-state index in [2.05, 4.69) is 10.2 Å². The fourth-order valence-electron chi connectivity index (χ4n) is 1.20. The van der Waals surface area contributed by atoms with E-state index >= 15 is 0 Å². The summed E-state index contributed by atoms with van der Waals surface area (Å²) in [5.41, 5.74) is 6.95. The number of hydrogen-bond donors (Lipinski definition) is 3. The SMILES string of the molecule is Nc1cc(-c2ccc(O)cc2Cl)[nH]n1. The third-order valence-corrected chi connectivity index (χ3v) is 2.15. The molecule has 5 heteroatoms. The number of nitrogens with zero attached hydrogens (tertiary/aromatic N) is 1. The van der Waals surface area contributed by atoms with Crippen molar-refractivity contribution in [1.29, 1.82) is 0 Å². The van der Waals surface area contributed by atoms with E-state index in [1.54, 1.807) is 18.2 Å². The molecule has 2 aromatic rings. The van der Waals surface area contributed by atoms with Crippen LogP contribution in [-0.4, -0.2) is 15.3 Å². The summed E-state index contributed by atoms with van der Waals surface area (Å²) in [6, 6.07) is 6.40. The number of aromatic hydroxyl groups is 1. The Morgan fingerprint density at radius 2 is 2.14 bits per heavy atom. The summed E-state index contributed by atoms with van der Waals surface area (Å²) in [6.45, 7) is 0. The molecule has 0 spiro atoms. The highest BCUT2D eigenvalue weighted by Gasteiger charge is 2.06. The van der Waals surface area contributed by atoms with Gasteiger partial charge in [0.15, 0.2) is 0 Å². The number of anilines is 1. The number of benzene rings is 1. The number of nitrogens with one attached hydrogen (secondary N) is 1. The molecule has 0 atom stereocenters. The van der Waals surface area contributed by atoms with E-state index in [0.717, 1.165) is 11.3 Å². The largest absolute Gasteiger partial charge is 0.508 e. The number of hydrogen-bond acceptors (Lipinski definition) is 3.